The molecule has 120 valence electrons. The molecule has 1 aliphatic heterocycles. The lowest BCUT2D eigenvalue weighted by Gasteiger charge is -2.28. The first-order valence-electron chi connectivity index (χ1n) is 7.29. The summed E-state index contributed by atoms with van der Waals surface area (Å²) in [7, 11) is -3.13. The standard InChI is InChI=1S/C14H25N3O3S/c1-5-17(11-8-21(19,20)9-12(11)18)7-10-6-13(16-15-10)14(2,3)4/h6,11-12,18H,5,7-9H2,1-4H3,(H,15,16)/t11-,12-/m0/s1. The second-order valence-corrected chi connectivity index (χ2v) is 8.96. The van der Waals surface area contributed by atoms with Crippen LogP contribution in [-0.4, -0.2) is 58.8 Å². The Balaban J connectivity index is 2.11. The minimum Gasteiger partial charge on any atom is -0.390 e. The fraction of sp³-hybridized carbons (Fsp3) is 0.786. The van der Waals surface area contributed by atoms with Crippen molar-refractivity contribution in [1.82, 2.24) is 15.1 Å². The van der Waals surface area contributed by atoms with Crippen molar-refractivity contribution in [3.05, 3.63) is 17.5 Å². The van der Waals surface area contributed by atoms with Crippen LogP contribution in [0.2, 0.25) is 0 Å². The molecule has 0 spiro atoms. The van der Waals surface area contributed by atoms with E-state index in [0.29, 0.717) is 13.1 Å². The molecule has 7 heteroatoms. The number of rotatable bonds is 4. The van der Waals surface area contributed by atoms with Gasteiger partial charge in [-0.05, 0) is 12.6 Å². The summed E-state index contributed by atoms with van der Waals surface area (Å²) in [5.74, 6) is -0.105. The van der Waals surface area contributed by atoms with Crippen molar-refractivity contribution in [3.8, 4) is 0 Å². The van der Waals surface area contributed by atoms with Crippen LogP contribution in [0, 0.1) is 0 Å². The van der Waals surface area contributed by atoms with Crippen LogP contribution in [0.25, 0.3) is 0 Å². The molecule has 0 saturated carbocycles. The molecule has 2 rings (SSSR count). The molecule has 1 aromatic rings. The number of aliphatic hydroxyl groups excluding tert-OH is 1. The van der Waals surface area contributed by atoms with Crippen molar-refractivity contribution in [2.75, 3.05) is 18.1 Å². The molecule has 0 bridgehead atoms. The van der Waals surface area contributed by atoms with Gasteiger partial charge in [0.25, 0.3) is 0 Å². The zero-order valence-electron chi connectivity index (χ0n) is 13.1. The fourth-order valence-corrected chi connectivity index (χ4v) is 4.50. The van der Waals surface area contributed by atoms with Gasteiger partial charge in [-0.1, -0.05) is 27.7 Å². The van der Waals surface area contributed by atoms with Gasteiger partial charge >= 0.3 is 0 Å². The number of aromatic amines is 1. The highest BCUT2D eigenvalue weighted by molar-refractivity contribution is 7.91. The molecule has 21 heavy (non-hydrogen) atoms. The SMILES string of the molecule is CCN(Cc1cc(C(C)(C)C)n[nH]1)[C@H]1CS(=O)(=O)C[C@@H]1O. The van der Waals surface area contributed by atoms with Crippen molar-refractivity contribution >= 4 is 9.84 Å². The van der Waals surface area contributed by atoms with E-state index in [2.05, 4.69) is 31.0 Å². The van der Waals surface area contributed by atoms with E-state index in [1.165, 1.54) is 0 Å². The third-order valence-electron chi connectivity index (χ3n) is 3.94. The first-order chi connectivity index (χ1) is 9.62. The summed E-state index contributed by atoms with van der Waals surface area (Å²) in [6.45, 7) is 9.50. The highest BCUT2D eigenvalue weighted by Gasteiger charge is 2.39. The van der Waals surface area contributed by atoms with E-state index in [0.717, 1.165) is 11.4 Å². The van der Waals surface area contributed by atoms with Crippen LogP contribution in [0.3, 0.4) is 0 Å². The van der Waals surface area contributed by atoms with Gasteiger partial charge in [0.15, 0.2) is 9.84 Å². The number of nitrogens with zero attached hydrogens (tertiary/aromatic N) is 2. The van der Waals surface area contributed by atoms with E-state index in [1.54, 1.807) is 0 Å². The van der Waals surface area contributed by atoms with Crippen molar-refractivity contribution in [1.29, 1.82) is 0 Å². The van der Waals surface area contributed by atoms with Crippen molar-refractivity contribution in [3.63, 3.8) is 0 Å². The lowest BCUT2D eigenvalue weighted by atomic mass is 9.92. The predicted octanol–water partition coefficient (Wildman–Crippen LogP) is 0.687. The minimum atomic E-state index is -3.13. The molecular weight excluding hydrogens is 290 g/mol. The molecule has 2 N–H and O–H groups in total. The summed E-state index contributed by atoms with van der Waals surface area (Å²) >= 11 is 0. The second-order valence-electron chi connectivity index (χ2n) is 6.80. The van der Waals surface area contributed by atoms with Crippen molar-refractivity contribution in [2.24, 2.45) is 0 Å². The third-order valence-corrected chi connectivity index (χ3v) is 5.64. The summed E-state index contributed by atoms with van der Waals surface area (Å²) in [5.41, 5.74) is 1.90. The van der Waals surface area contributed by atoms with Crippen molar-refractivity contribution < 1.29 is 13.5 Å². The molecule has 0 aliphatic carbocycles. The van der Waals surface area contributed by atoms with Gasteiger partial charge in [0, 0.05) is 17.7 Å². The summed E-state index contributed by atoms with van der Waals surface area (Å²) < 4.78 is 23.3. The van der Waals surface area contributed by atoms with Crippen LogP contribution < -0.4 is 0 Å². The topological polar surface area (TPSA) is 86.3 Å². The highest BCUT2D eigenvalue weighted by atomic mass is 32.2. The normalized spacial score (nSPS) is 25.6. The van der Waals surface area contributed by atoms with Crippen LogP contribution in [0.15, 0.2) is 6.07 Å². The minimum absolute atomic E-state index is 0.0258. The zero-order valence-corrected chi connectivity index (χ0v) is 13.9. The first-order valence-corrected chi connectivity index (χ1v) is 9.12. The quantitative estimate of drug-likeness (QED) is 0.853. The Morgan fingerprint density at radius 1 is 1.43 bits per heavy atom. The summed E-state index contributed by atoms with van der Waals surface area (Å²) in [6, 6.07) is 1.68. The molecule has 6 nitrogen and oxygen atoms in total. The Morgan fingerprint density at radius 2 is 2.10 bits per heavy atom. The molecule has 0 radical (unpaired) electrons. The maximum Gasteiger partial charge on any atom is 0.154 e. The van der Waals surface area contributed by atoms with Gasteiger partial charge in [-0.2, -0.15) is 5.10 Å². The Morgan fingerprint density at radius 3 is 2.52 bits per heavy atom. The Kier molecular flexibility index (Phi) is 4.46. The molecule has 1 aliphatic rings. The molecule has 2 atom stereocenters. The Labute approximate surface area is 126 Å². The maximum atomic E-state index is 11.7. The second kappa shape index (κ2) is 5.70. The predicted molar refractivity (Wildman–Crippen MR) is 81.8 cm³/mol. The van der Waals surface area contributed by atoms with Crippen molar-refractivity contribution in [2.45, 2.75) is 51.8 Å². The molecule has 1 saturated heterocycles. The van der Waals surface area contributed by atoms with Gasteiger partial charge in [0.05, 0.1) is 29.3 Å². The molecule has 1 aromatic heterocycles. The number of H-pyrrole nitrogens is 1. The van der Waals surface area contributed by atoms with Gasteiger partial charge in [0.2, 0.25) is 0 Å². The molecule has 0 aromatic carbocycles. The van der Waals surface area contributed by atoms with E-state index in [1.807, 2.05) is 17.9 Å². The average molecular weight is 315 g/mol. The molecule has 0 unspecified atom stereocenters. The average Bonchev–Trinajstić information content (AvgIpc) is 2.90. The Bertz CT molecular complexity index is 589. The Hall–Kier alpha value is -0.920. The zero-order chi connectivity index (χ0) is 15.8. The maximum absolute atomic E-state index is 11.7. The smallest absolute Gasteiger partial charge is 0.154 e. The summed E-state index contributed by atoms with van der Waals surface area (Å²) in [4.78, 5) is 2.00. The molecule has 0 amide bonds. The van der Waals surface area contributed by atoms with Crippen LogP contribution in [0.5, 0.6) is 0 Å². The third kappa shape index (κ3) is 3.84. The van der Waals surface area contributed by atoms with Gasteiger partial charge in [0.1, 0.15) is 0 Å². The number of hydrogen-bond acceptors (Lipinski definition) is 5. The number of nitrogens with one attached hydrogen (secondary N) is 1. The van der Waals surface area contributed by atoms with E-state index in [4.69, 9.17) is 0 Å². The lowest BCUT2D eigenvalue weighted by Crippen LogP contribution is -2.42. The summed E-state index contributed by atoms with van der Waals surface area (Å²) in [6.07, 6.45) is -0.806. The van der Waals surface area contributed by atoms with E-state index in [9.17, 15) is 13.5 Å². The lowest BCUT2D eigenvalue weighted by molar-refractivity contribution is 0.0811. The monoisotopic (exact) mass is 315 g/mol. The van der Waals surface area contributed by atoms with Crippen LogP contribution >= 0.6 is 0 Å². The molecule has 2 heterocycles. The van der Waals surface area contributed by atoms with E-state index >= 15 is 0 Å². The number of hydrogen-bond donors (Lipinski definition) is 2. The van der Waals surface area contributed by atoms with Gasteiger partial charge in [-0.25, -0.2) is 8.42 Å². The van der Waals surface area contributed by atoms with Gasteiger partial charge < -0.3 is 5.11 Å². The number of aromatic nitrogens is 2. The number of aliphatic hydroxyl groups is 1. The number of likely N-dealkylation sites (N-methyl/N-ethyl adjacent to an activating group) is 1. The fourth-order valence-electron chi connectivity index (χ4n) is 2.67. The molecule has 1 fully saturated rings. The largest absolute Gasteiger partial charge is 0.390 e. The highest BCUT2D eigenvalue weighted by Crippen LogP contribution is 2.23. The van der Waals surface area contributed by atoms with Crippen LogP contribution in [0.1, 0.15) is 39.1 Å². The van der Waals surface area contributed by atoms with Crippen LogP contribution in [-0.2, 0) is 21.8 Å². The molecular formula is C14H25N3O3S. The van der Waals surface area contributed by atoms with Gasteiger partial charge in [-0.15, -0.1) is 0 Å². The van der Waals surface area contributed by atoms with E-state index < -0.39 is 15.9 Å². The first kappa shape index (κ1) is 16.5. The van der Waals surface area contributed by atoms with Crippen LogP contribution in [0.4, 0.5) is 0 Å². The summed E-state index contributed by atoms with van der Waals surface area (Å²) in [5, 5.41) is 17.3. The van der Waals surface area contributed by atoms with Gasteiger partial charge in [-0.3, -0.25) is 10.00 Å². The van der Waals surface area contributed by atoms with E-state index in [-0.39, 0.29) is 23.0 Å². The number of sulfone groups is 1.